The van der Waals surface area contributed by atoms with E-state index in [1.807, 2.05) is 20.8 Å². The molecule has 2 heterocycles. The molecular formula is C12H20N2O3. The fourth-order valence-electron chi connectivity index (χ4n) is 2.54. The van der Waals surface area contributed by atoms with Crippen molar-refractivity contribution in [1.82, 2.24) is 10.2 Å². The summed E-state index contributed by atoms with van der Waals surface area (Å²) in [6.45, 7) is 8.47. The first-order valence-corrected chi connectivity index (χ1v) is 6.03. The summed E-state index contributed by atoms with van der Waals surface area (Å²) in [4.78, 5) is 24.9. The normalized spacial score (nSPS) is 31.8. The molecule has 17 heavy (non-hydrogen) atoms. The van der Waals surface area contributed by atoms with Gasteiger partial charge in [0.2, 0.25) is 0 Å². The van der Waals surface area contributed by atoms with Crippen molar-refractivity contribution in [2.24, 2.45) is 5.92 Å². The van der Waals surface area contributed by atoms with E-state index in [1.54, 1.807) is 11.8 Å². The summed E-state index contributed by atoms with van der Waals surface area (Å²) in [5.41, 5.74) is -0.464. The molecule has 2 saturated heterocycles. The maximum absolute atomic E-state index is 11.9. The Morgan fingerprint density at radius 2 is 2.00 bits per heavy atom. The number of ketones is 1. The van der Waals surface area contributed by atoms with Gasteiger partial charge >= 0.3 is 6.09 Å². The lowest BCUT2D eigenvalue weighted by molar-refractivity contribution is -0.121. The Kier molecular flexibility index (Phi) is 2.89. The summed E-state index contributed by atoms with van der Waals surface area (Å²) >= 11 is 0. The number of hydrogen-bond donors (Lipinski definition) is 1. The van der Waals surface area contributed by atoms with Crippen molar-refractivity contribution < 1.29 is 14.3 Å². The van der Waals surface area contributed by atoms with Crippen molar-refractivity contribution in [2.75, 3.05) is 13.1 Å². The predicted octanol–water partition coefficient (Wildman–Crippen LogP) is 0.783. The molecule has 96 valence electrons. The number of ether oxygens (including phenoxy) is 1. The van der Waals surface area contributed by atoms with Crippen LogP contribution in [0.2, 0.25) is 0 Å². The molecule has 0 aliphatic carbocycles. The highest BCUT2D eigenvalue weighted by Gasteiger charge is 2.52. The second kappa shape index (κ2) is 3.98. The Morgan fingerprint density at radius 1 is 1.35 bits per heavy atom. The molecule has 2 fully saturated rings. The highest BCUT2D eigenvalue weighted by molar-refractivity contribution is 5.83. The minimum Gasteiger partial charge on any atom is -0.444 e. The van der Waals surface area contributed by atoms with E-state index in [0.717, 1.165) is 0 Å². The quantitative estimate of drug-likeness (QED) is 0.736. The molecule has 0 spiro atoms. The zero-order valence-electron chi connectivity index (χ0n) is 10.8. The molecule has 5 nitrogen and oxygen atoms in total. The standard InChI is InChI=1S/C12H20N2O3/c1-7(15)10-8-6-14(9(8)5-13-10)11(16)17-12(2,3)4/h8-10,13H,5-6H2,1-4H3/t8?,9?,10-/m1/s1. The fraction of sp³-hybridized carbons (Fsp3) is 0.833. The van der Waals surface area contributed by atoms with Crippen LogP contribution in [-0.2, 0) is 9.53 Å². The van der Waals surface area contributed by atoms with Gasteiger partial charge in [0, 0.05) is 19.0 Å². The molecule has 2 unspecified atom stereocenters. The van der Waals surface area contributed by atoms with Crippen LogP contribution in [0.3, 0.4) is 0 Å². The fourth-order valence-corrected chi connectivity index (χ4v) is 2.54. The minimum absolute atomic E-state index is 0.0845. The molecule has 2 rings (SSSR count). The number of fused-ring (bicyclic) bond motifs is 1. The maximum atomic E-state index is 11.9. The number of nitrogens with zero attached hydrogens (tertiary/aromatic N) is 1. The van der Waals surface area contributed by atoms with Gasteiger partial charge in [0.05, 0.1) is 12.1 Å². The summed E-state index contributed by atoms with van der Waals surface area (Å²) in [5, 5.41) is 3.17. The summed E-state index contributed by atoms with van der Waals surface area (Å²) in [6.07, 6.45) is -0.273. The van der Waals surface area contributed by atoms with E-state index in [2.05, 4.69) is 5.32 Å². The van der Waals surface area contributed by atoms with Gasteiger partial charge in [-0.25, -0.2) is 4.79 Å². The van der Waals surface area contributed by atoms with Crippen LogP contribution in [0.1, 0.15) is 27.7 Å². The molecule has 0 aromatic heterocycles. The lowest BCUT2D eigenvalue weighted by atomic mass is 9.85. The van der Waals surface area contributed by atoms with Gasteiger partial charge in [-0.2, -0.15) is 0 Å². The Hall–Kier alpha value is -1.10. The van der Waals surface area contributed by atoms with Gasteiger partial charge < -0.3 is 15.0 Å². The highest BCUT2D eigenvalue weighted by Crippen LogP contribution is 2.33. The topological polar surface area (TPSA) is 58.6 Å². The van der Waals surface area contributed by atoms with E-state index < -0.39 is 5.60 Å². The van der Waals surface area contributed by atoms with Crippen LogP contribution in [0.15, 0.2) is 0 Å². The first-order chi connectivity index (χ1) is 7.79. The first kappa shape index (κ1) is 12.4. The number of carbonyl (C=O) groups excluding carboxylic acids is 2. The van der Waals surface area contributed by atoms with Gasteiger partial charge in [-0.1, -0.05) is 0 Å². The Balaban J connectivity index is 1.93. The van der Waals surface area contributed by atoms with Crippen molar-refractivity contribution in [2.45, 2.75) is 45.4 Å². The van der Waals surface area contributed by atoms with Crippen molar-refractivity contribution in [1.29, 1.82) is 0 Å². The zero-order chi connectivity index (χ0) is 12.8. The molecule has 1 amide bonds. The van der Waals surface area contributed by atoms with E-state index in [0.29, 0.717) is 13.1 Å². The number of amides is 1. The van der Waals surface area contributed by atoms with Crippen molar-refractivity contribution >= 4 is 11.9 Å². The Labute approximate surface area is 101 Å². The SMILES string of the molecule is CC(=O)[C@H]1NCC2C1CN2C(=O)OC(C)(C)C. The van der Waals surface area contributed by atoms with Crippen LogP contribution in [0, 0.1) is 5.92 Å². The number of nitrogens with one attached hydrogen (secondary N) is 1. The third-order valence-corrected chi connectivity index (χ3v) is 3.34. The van der Waals surface area contributed by atoms with Crippen LogP contribution < -0.4 is 5.32 Å². The first-order valence-electron chi connectivity index (χ1n) is 6.03. The largest absolute Gasteiger partial charge is 0.444 e. The molecular weight excluding hydrogens is 220 g/mol. The van der Waals surface area contributed by atoms with Crippen molar-refractivity contribution in [3.63, 3.8) is 0 Å². The molecule has 1 N–H and O–H groups in total. The molecule has 0 aromatic carbocycles. The summed E-state index contributed by atoms with van der Waals surface area (Å²) in [5.74, 6) is 0.418. The number of likely N-dealkylation sites (tertiary alicyclic amines) is 1. The lowest BCUT2D eigenvalue weighted by Crippen LogP contribution is -2.61. The number of carbonyl (C=O) groups is 2. The molecule has 0 saturated carbocycles. The van der Waals surface area contributed by atoms with Gasteiger partial charge in [0.15, 0.2) is 0 Å². The monoisotopic (exact) mass is 240 g/mol. The van der Waals surface area contributed by atoms with Crippen LogP contribution in [0.5, 0.6) is 0 Å². The zero-order valence-corrected chi connectivity index (χ0v) is 10.8. The van der Waals surface area contributed by atoms with Crippen LogP contribution in [-0.4, -0.2) is 47.6 Å². The smallest absolute Gasteiger partial charge is 0.410 e. The molecule has 0 aromatic rings. The van der Waals surface area contributed by atoms with Crippen molar-refractivity contribution in [3.8, 4) is 0 Å². The van der Waals surface area contributed by atoms with Gasteiger partial charge in [-0.05, 0) is 27.7 Å². The van der Waals surface area contributed by atoms with Crippen LogP contribution >= 0.6 is 0 Å². The van der Waals surface area contributed by atoms with Gasteiger partial charge in [-0.15, -0.1) is 0 Å². The van der Waals surface area contributed by atoms with Crippen LogP contribution in [0.25, 0.3) is 0 Å². The van der Waals surface area contributed by atoms with E-state index in [4.69, 9.17) is 4.74 Å². The molecule has 0 bridgehead atoms. The maximum Gasteiger partial charge on any atom is 0.410 e. The van der Waals surface area contributed by atoms with Crippen molar-refractivity contribution in [3.05, 3.63) is 0 Å². The molecule has 2 aliphatic rings. The van der Waals surface area contributed by atoms with E-state index in [9.17, 15) is 9.59 Å². The molecule has 3 atom stereocenters. The second-order valence-corrected chi connectivity index (χ2v) is 5.86. The van der Waals surface area contributed by atoms with Gasteiger partial charge in [-0.3, -0.25) is 4.79 Å². The number of rotatable bonds is 1. The van der Waals surface area contributed by atoms with E-state index in [1.165, 1.54) is 0 Å². The number of Topliss-reactive ketones (excluding diaryl/α,β-unsaturated/α-hetero) is 1. The average molecular weight is 240 g/mol. The lowest BCUT2D eigenvalue weighted by Gasteiger charge is -2.45. The highest BCUT2D eigenvalue weighted by atomic mass is 16.6. The van der Waals surface area contributed by atoms with E-state index in [-0.39, 0.29) is 29.9 Å². The third kappa shape index (κ3) is 2.29. The minimum atomic E-state index is -0.464. The average Bonchev–Trinajstić information content (AvgIpc) is 2.39. The van der Waals surface area contributed by atoms with Crippen LogP contribution in [0.4, 0.5) is 4.79 Å². The molecule has 0 radical (unpaired) electrons. The van der Waals surface area contributed by atoms with E-state index >= 15 is 0 Å². The molecule has 5 heteroatoms. The summed E-state index contributed by atoms with van der Waals surface area (Å²) in [6, 6.07) is 0.0393. The second-order valence-electron chi connectivity index (χ2n) is 5.86. The summed E-state index contributed by atoms with van der Waals surface area (Å²) in [7, 11) is 0. The Morgan fingerprint density at radius 3 is 2.53 bits per heavy atom. The predicted molar refractivity (Wildman–Crippen MR) is 62.7 cm³/mol. The molecule has 2 aliphatic heterocycles. The summed E-state index contributed by atoms with van der Waals surface area (Å²) < 4.78 is 5.32. The number of hydrogen-bond acceptors (Lipinski definition) is 4. The third-order valence-electron chi connectivity index (χ3n) is 3.34. The van der Waals surface area contributed by atoms with Gasteiger partial charge in [0.1, 0.15) is 11.4 Å². The van der Waals surface area contributed by atoms with Gasteiger partial charge in [0.25, 0.3) is 0 Å². The Bertz CT molecular complexity index is 348.